The van der Waals surface area contributed by atoms with Crippen molar-refractivity contribution in [3.8, 4) is 0 Å². The molecular formula is C14H26O4. The number of carbonyl (C=O) groups is 2. The number of ether oxygens (including phenoxy) is 1. The average molecular weight is 258 g/mol. The van der Waals surface area contributed by atoms with Gasteiger partial charge in [-0.2, -0.15) is 0 Å². The molecule has 0 heterocycles. The molecule has 0 unspecified atom stereocenters. The van der Waals surface area contributed by atoms with Gasteiger partial charge in [-0.15, -0.1) is 0 Å². The van der Waals surface area contributed by atoms with Crippen LogP contribution < -0.4 is 0 Å². The van der Waals surface area contributed by atoms with E-state index < -0.39 is 11.9 Å². The summed E-state index contributed by atoms with van der Waals surface area (Å²) in [6, 6.07) is 0. The monoisotopic (exact) mass is 258 g/mol. The van der Waals surface area contributed by atoms with Gasteiger partial charge < -0.3 is 9.84 Å². The molecule has 0 saturated heterocycles. The maximum Gasteiger partial charge on any atom is 0.417 e. The largest absolute Gasteiger partial charge is 0.473 e. The third-order valence-corrected chi connectivity index (χ3v) is 2.83. The molecule has 0 bridgehead atoms. The van der Waals surface area contributed by atoms with Crippen molar-refractivity contribution in [2.24, 2.45) is 5.92 Å². The second kappa shape index (κ2) is 11.1. The van der Waals surface area contributed by atoms with E-state index in [2.05, 4.69) is 18.6 Å². The van der Waals surface area contributed by atoms with E-state index in [-0.39, 0.29) is 6.61 Å². The van der Waals surface area contributed by atoms with Crippen LogP contribution >= 0.6 is 0 Å². The van der Waals surface area contributed by atoms with Crippen LogP contribution in [0.25, 0.3) is 0 Å². The standard InChI is InChI=1S/C14H26O4/c1-12(2)10-8-6-4-3-5-7-9-11-18-14(17)13(15)16/h12H,3-11H2,1-2H3,(H,15,16). The fourth-order valence-corrected chi connectivity index (χ4v) is 1.77. The molecule has 0 aromatic carbocycles. The average Bonchev–Trinajstić information content (AvgIpc) is 2.30. The molecule has 0 rings (SSSR count). The molecule has 4 nitrogen and oxygen atoms in total. The van der Waals surface area contributed by atoms with Crippen molar-refractivity contribution in [2.75, 3.05) is 6.61 Å². The van der Waals surface area contributed by atoms with E-state index in [4.69, 9.17) is 5.11 Å². The van der Waals surface area contributed by atoms with Crippen molar-refractivity contribution in [1.29, 1.82) is 0 Å². The van der Waals surface area contributed by atoms with Crippen LogP contribution in [0.1, 0.15) is 65.2 Å². The van der Waals surface area contributed by atoms with Crippen LogP contribution in [-0.4, -0.2) is 23.7 Å². The number of carboxylic acids is 1. The number of hydrogen-bond acceptors (Lipinski definition) is 3. The van der Waals surface area contributed by atoms with E-state index >= 15 is 0 Å². The first-order valence-corrected chi connectivity index (χ1v) is 6.94. The van der Waals surface area contributed by atoms with Gasteiger partial charge in [0.2, 0.25) is 0 Å². The maximum absolute atomic E-state index is 10.6. The van der Waals surface area contributed by atoms with E-state index in [0.717, 1.165) is 25.2 Å². The highest BCUT2D eigenvalue weighted by atomic mass is 16.6. The number of carbonyl (C=O) groups excluding carboxylic acids is 1. The molecule has 4 heteroatoms. The predicted molar refractivity (Wildman–Crippen MR) is 70.4 cm³/mol. The topological polar surface area (TPSA) is 63.6 Å². The lowest BCUT2D eigenvalue weighted by Crippen LogP contribution is -2.16. The lowest BCUT2D eigenvalue weighted by atomic mass is 10.0. The molecule has 0 amide bonds. The van der Waals surface area contributed by atoms with E-state index in [0.29, 0.717) is 0 Å². The Kier molecular flexibility index (Phi) is 10.4. The van der Waals surface area contributed by atoms with Gasteiger partial charge in [-0.3, -0.25) is 0 Å². The Bertz CT molecular complexity index is 236. The summed E-state index contributed by atoms with van der Waals surface area (Å²) in [7, 11) is 0. The third-order valence-electron chi connectivity index (χ3n) is 2.83. The SMILES string of the molecule is CC(C)CCCCCCCCCOC(=O)C(=O)O. The Morgan fingerprint density at radius 1 is 0.944 bits per heavy atom. The summed E-state index contributed by atoms with van der Waals surface area (Å²) < 4.78 is 4.54. The summed E-state index contributed by atoms with van der Waals surface area (Å²) in [5, 5.41) is 8.27. The first kappa shape index (κ1) is 16.9. The van der Waals surface area contributed by atoms with Crippen molar-refractivity contribution in [2.45, 2.75) is 65.2 Å². The maximum atomic E-state index is 10.6. The highest BCUT2D eigenvalue weighted by molar-refractivity contribution is 6.28. The minimum atomic E-state index is -1.51. The molecule has 0 aliphatic rings. The lowest BCUT2D eigenvalue weighted by Gasteiger charge is -2.04. The summed E-state index contributed by atoms with van der Waals surface area (Å²) >= 11 is 0. The Morgan fingerprint density at radius 2 is 1.44 bits per heavy atom. The van der Waals surface area contributed by atoms with Crippen LogP contribution in [0.15, 0.2) is 0 Å². The summed E-state index contributed by atoms with van der Waals surface area (Å²) in [5.41, 5.74) is 0. The van der Waals surface area contributed by atoms with Gasteiger partial charge in [0.05, 0.1) is 6.61 Å². The number of carboxylic acid groups (broad SMARTS) is 1. The number of hydrogen-bond donors (Lipinski definition) is 1. The predicted octanol–water partition coefficient (Wildman–Crippen LogP) is 3.39. The summed E-state index contributed by atoms with van der Waals surface area (Å²) in [6.45, 7) is 4.72. The van der Waals surface area contributed by atoms with Crippen LogP contribution in [0.2, 0.25) is 0 Å². The van der Waals surface area contributed by atoms with Crippen molar-refractivity contribution in [3.63, 3.8) is 0 Å². The van der Waals surface area contributed by atoms with Crippen LogP contribution in [0.5, 0.6) is 0 Å². The Morgan fingerprint density at radius 3 is 1.94 bits per heavy atom. The smallest absolute Gasteiger partial charge is 0.417 e. The van der Waals surface area contributed by atoms with E-state index in [9.17, 15) is 9.59 Å². The molecule has 0 aliphatic carbocycles. The van der Waals surface area contributed by atoms with E-state index in [1.807, 2.05) is 0 Å². The number of esters is 1. The normalized spacial score (nSPS) is 10.6. The molecule has 1 N–H and O–H groups in total. The van der Waals surface area contributed by atoms with Crippen molar-refractivity contribution < 1.29 is 19.4 Å². The van der Waals surface area contributed by atoms with Gasteiger partial charge >= 0.3 is 11.9 Å². The molecule has 0 aliphatic heterocycles. The first-order chi connectivity index (χ1) is 8.54. The van der Waals surface area contributed by atoms with Crippen molar-refractivity contribution >= 4 is 11.9 Å². The third kappa shape index (κ3) is 11.4. The Labute approximate surface area is 110 Å². The molecular weight excluding hydrogens is 232 g/mol. The van der Waals surface area contributed by atoms with Crippen LogP contribution in [0.3, 0.4) is 0 Å². The van der Waals surface area contributed by atoms with Gasteiger partial charge in [0.25, 0.3) is 0 Å². The molecule has 0 aromatic heterocycles. The summed E-state index contributed by atoms with van der Waals surface area (Å²) in [5.74, 6) is -1.86. The van der Waals surface area contributed by atoms with Crippen molar-refractivity contribution in [3.05, 3.63) is 0 Å². The van der Waals surface area contributed by atoms with Gasteiger partial charge in [0.1, 0.15) is 0 Å². The fraction of sp³-hybridized carbons (Fsp3) is 0.857. The second-order valence-electron chi connectivity index (χ2n) is 5.10. The first-order valence-electron chi connectivity index (χ1n) is 6.94. The Hall–Kier alpha value is -1.06. The molecule has 18 heavy (non-hydrogen) atoms. The molecule has 106 valence electrons. The van der Waals surface area contributed by atoms with Gasteiger partial charge in [-0.1, -0.05) is 58.8 Å². The lowest BCUT2D eigenvalue weighted by molar-refractivity contribution is -0.163. The number of unbranched alkanes of at least 4 members (excludes halogenated alkanes) is 6. The van der Waals surface area contributed by atoms with E-state index in [1.54, 1.807) is 0 Å². The minimum Gasteiger partial charge on any atom is -0.473 e. The molecule has 0 aromatic rings. The highest BCUT2D eigenvalue weighted by Gasteiger charge is 2.11. The highest BCUT2D eigenvalue weighted by Crippen LogP contribution is 2.11. The molecule has 0 fully saturated rings. The van der Waals surface area contributed by atoms with Crippen LogP contribution in [0.4, 0.5) is 0 Å². The molecule has 0 radical (unpaired) electrons. The van der Waals surface area contributed by atoms with Gasteiger partial charge in [0, 0.05) is 0 Å². The summed E-state index contributed by atoms with van der Waals surface area (Å²) in [6.07, 6.45) is 9.28. The minimum absolute atomic E-state index is 0.221. The zero-order valence-electron chi connectivity index (χ0n) is 11.6. The second-order valence-corrected chi connectivity index (χ2v) is 5.10. The number of aliphatic carboxylic acids is 1. The Balaban J connectivity index is 3.12. The van der Waals surface area contributed by atoms with Crippen LogP contribution in [-0.2, 0) is 14.3 Å². The zero-order chi connectivity index (χ0) is 13.8. The van der Waals surface area contributed by atoms with Gasteiger partial charge in [-0.25, -0.2) is 9.59 Å². The molecule has 0 atom stereocenters. The zero-order valence-corrected chi connectivity index (χ0v) is 11.6. The summed E-state index contributed by atoms with van der Waals surface area (Å²) in [4.78, 5) is 20.7. The molecule has 0 saturated carbocycles. The quantitative estimate of drug-likeness (QED) is 0.370. The van der Waals surface area contributed by atoms with Crippen molar-refractivity contribution in [1.82, 2.24) is 0 Å². The van der Waals surface area contributed by atoms with E-state index in [1.165, 1.54) is 32.1 Å². The van der Waals surface area contributed by atoms with Gasteiger partial charge in [-0.05, 0) is 12.3 Å². The van der Waals surface area contributed by atoms with Crippen LogP contribution in [0, 0.1) is 5.92 Å². The number of rotatable bonds is 10. The molecule has 0 spiro atoms. The fourth-order valence-electron chi connectivity index (χ4n) is 1.77. The van der Waals surface area contributed by atoms with Gasteiger partial charge in [0.15, 0.2) is 0 Å².